The highest BCUT2D eigenvalue weighted by Crippen LogP contribution is 1.66. The van der Waals surface area contributed by atoms with Gasteiger partial charge in [0.1, 0.15) is 6.29 Å². The molecule has 0 fully saturated rings. The number of carbonyl (C=O) groups is 1. The molecule has 0 atom stereocenters. The highest BCUT2D eigenvalue weighted by molar-refractivity contribution is 5.65. The van der Waals surface area contributed by atoms with E-state index in [9.17, 15) is 4.79 Å². The topological polar surface area (TPSA) is 17.1 Å². The van der Waals surface area contributed by atoms with Gasteiger partial charge in [-0.15, -0.1) is 5.73 Å². The predicted octanol–water partition coefficient (Wildman–Crippen LogP) is 1.08. The van der Waals surface area contributed by atoms with E-state index in [0.717, 1.165) is 0 Å². The fourth-order valence-corrected chi connectivity index (χ4v) is 0.169. The molecule has 0 amide bonds. The Bertz CT molecular complexity index is 116. The number of hydrogen-bond acceptors (Lipinski definition) is 1. The zero-order chi connectivity index (χ0) is 5.54. The largest absolute Gasteiger partial charge is 0.299 e. The Labute approximate surface area is 42.7 Å². The van der Waals surface area contributed by atoms with Gasteiger partial charge in [-0.2, -0.15) is 0 Å². The molecule has 0 saturated carbocycles. The summed E-state index contributed by atoms with van der Waals surface area (Å²) in [6.07, 6.45) is 5.21. The van der Waals surface area contributed by atoms with Crippen LogP contribution in [0.3, 0.4) is 0 Å². The van der Waals surface area contributed by atoms with Crippen LogP contribution in [0.15, 0.2) is 30.5 Å². The highest BCUT2D eigenvalue weighted by atomic mass is 16.1. The van der Waals surface area contributed by atoms with E-state index < -0.39 is 0 Å². The monoisotopic (exact) mass is 94.0 g/mol. The molecule has 36 valence electrons. The van der Waals surface area contributed by atoms with Gasteiger partial charge in [0.25, 0.3) is 0 Å². The molecule has 0 spiro atoms. The second-order valence-corrected chi connectivity index (χ2v) is 0.892. The molecule has 0 aliphatic heterocycles. The Hall–Kier alpha value is -1.07. The molecule has 0 heterocycles. The van der Waals surface area contributed by atoms with Gasteiger partial charge >= 0.3 is 0 Å². The quantitative estimate of drug-likeness (QED) is 0.216. The summed E-state index contributed by atoms with van der Waals surface area (Å²) in [5, 5.41) is 0. The minimum absolute atomic E-state index is 0.702. The van der Waals surface area contributed by atoms with Gasteiger partial charge in [0.15, 0.2) is 0 Å². The van der Waals surface area contributed by atoms with Crippen molar-refractivity contribution in [2.75, 3.05) is 0 Å². The molecular weight excluding hydrogens is 88.1 g/mol. The minimum atomic E-state index is 0.702. The summed E-state index contributed by atoms with van der Waals surface area (Å²) in [4.78, 5) is 9.52. The smallest absolute Gasteiger partial charge is 0.142 e. The first-order chi connectivity index (χ1) is 3.41. The number of aldehydes is 1. The van der Waals surface area contributed by atoms with Crippen LogP contribution in [0.5, 0.6) is 0 Å². The maximum atomic E-state index is 9.52. The first-order valence-corrected chi connectivity index (χ1v) is 1.88. The standard InChI is InChI=1S/C6H6O/c1-2-3-4-5-6-7/h3-6H,1H2. The second kappa shape index (κ2) is 4.93. The van der Waals surface area contributed by atoms with E-state index >= 15 is 0 Å². The van der Waals surface area contributed by atoms with Crippen LogP contribution in [-0.2, 0) is 4.79 Å². The molecule has 0 N–H and O–H groups in total. The van der Waals surface area contributed by atoms with Crippen molar-refractivity contribution < 1.29 is 4.79 Å². The van der Waals surface area contributed by atoms with E-state index in [2.05, 4.69) is 12.3 Å². The van der Waals surface area contributed by atoms with Crippen molar-refractivity contribution >= 4 is 6.29 Å². The van der Waals surface area contributed by atoms with Crippen LogP contribution in [0.2, 0.25) is 0 Å². The molecule has 0 aromatic rings. The van der Waals surface area contributed by atoms with Gasteiger partial charge in [-0.1, -0.05) is 12.7 Å². The average Bonchev–Trinajstić information content (AvgIpc) is 1.69. The maximum Gasteiger partial charge on any atom is 0.142 e. The summed E-state index contributed by atoms with van der Waals surface area (Å²) < 4.78 is 0. The summed E-state index contributed by atoms with van der Waals surface area (Å²) >= 11 is 0. The Morgan fingerprint density at radius 1 is 1.43 bits per heavy atom. The molecule has 0 aromatic heterocycles. The van der Waals surface area contributed by atoms with Gasteiger partial charge in [0.05, 0.1) is 0 Å². The molecule has 0 rings (SSSR count). The Morgan fingerprint density at radius 3 is 2.57 bits per heavy atom. The molecular formula is C6H6O. The van der Waals surface area contributed by atoms with Gasteiger partial charge in [0, 0.05) is 0 Å². The first-order valence-electron chi connectivity index (χ1n) is 1.88. The van der Waals surface area contributed by atoms with Crippen LogP contribution in [0.1, 0.15) is 0 Å². The lowest BCUT2D eigenvalue weighted by Gasteiger charge is -1.58. The summed E-state index contributed by atoms with van der Waals surface area (Å²) in [5.74, 6) is 0. The zero-order valence-electron chi connectivity index (χ0n) is 3.92. The number of hydrogen-bond donors (Lipinski definition) is 0. The summed E-state index contributed by atoms with van der Waals surface area (Å²) in [6, 6.07) is 0. The maximum absolute atomic E-state index is 9.52. The van der Waals surface area contributed by atoms with Crippen molar-refractivity contribution in [2.45, 2.75) is 0 Å². The highest BCUT2D eigenvalue weighted by Gasteiger charge is 1.54. The lowest BCUT2D eigenvalue weighted by atomic mass is 10.5. The van der Waals surface area contributed by atoms with Crippen molar-refractivity contribution in [2.24, 2.45) is 0 Å². The molecule has 0 aromatic carbocycles. The van der Waals surface area contributed by atoms with Gasteiger partial charge in [-0.25, -0.2) is 0 Å². The fraction of sp³-hybridized carbons (Fsp3) is 0. The van der Waals surface area contributed by atoms with E-state index in [-0.39, 0.29) is 0 Å². The minimum Gasteiger partial charge on any atom is -0.299 e. The Balaban J connectivity index is 3.47. The van der Waals surface area contributed by atoms with Gasteiger partial charge in [-0.3, -0.25) is 4.79 Å². The van der Waals surface area contributed by atoms with Crippen LogP contribution in [0.25, 0.3) is 0 Å². The van der Waals surface area contributed by atoms with Crippen LogP contribution in [0, 0.1) is 0 Å². The Kier molecular flexibility index (Phi) is 4.18. The van der Waals surface area contributed by atoms with E-state index in [4.69, 9.17) is 0 Å². The van der Waals surface area contributed by atoms with Crippen molar-refractivity contribution in [1.82, 2.24) is 0 Å². The molecule has 0 aliphatic carbocycles. The fourth-order valence-electron chi connectivity index (χ4n) is 0.169. The third-order valence-electron chi connectivity index (χ3n) is 0.404. The number of allylic oxidation sites excluding steroid dienone is 3. The van der Waals surface area contributed by atoms with Crippen molar-refractivity contribution in [1.29, 1.82) is 0 Å². The van der Waals surface area contributed by atoms with Crippen LogP contribution in [-0.4, -0.2) is 6.29 Å². The first kappa shape index (κ1) is 5.93. The predicted molar refractivity (Wildman–Crippen MR) is 28.9 cm³/mol. The molecule has 0 bridgehead atoms. The molecule has 0 radical (unpaired) electrons. The molecule has 7 heavy (non-hydrogen) atoms. The van der Waals surface area contributed by atoms with E-state index in [1.54, 1.807) is 12.2 Å². The molecule has 0 saturated heterocycles. The zero-order valence-corrected chi connectivity index (χ0v) is 3.92. The van der Waals surface area contributed by atoms with E-state index in [1.807, 2.05) is 0 Å². The third kappa shape index (κ3) is 4.93. The van der Waals surface area contributed by atoms with Crippen molar-refractivity contribution in [3.8, 4) is 0 Å². The van der Waals surface area contributed by atoms with E-state index in [1.165, 1.54) is 6.08 Å². The summed E-state index contributed by atoms with van der Waals surface area (Å²) in [7, 11) is 0. The number of rotatable bonds is 2. The molecule has 1 heteroatoms. The lowest BCUT2D eigenvalue weighted by molar-refractivity contribution is -0.104. The Morgan fingerprint density at radius 2 is 2.14 bits per heavy atom. The molecule has 0 unspecified atom stereocenters. The van der Waals surface area contributed by atoms with Crippen LogP contribution >= 0.6 is 0 Å². The lowest BCUT2D eigenvalue weighted by Crippen LogP contribution is -1.52. The van der Waals surface area contributed by atoms with E-state index in [0.29, 0.717) is 6.29 Å². The van der Waals surface area contributed by atoms with Crippen LogP contribution in [0.4, 0.5) is 0 Å². The molecule has 0 aliphatic rings. The average molecular weight is 94.1 g/mol. The SMILES string of the molecule is C=C=CC=CC=O. The normalized spacial score (nSPS) is 8.00. The van der Waals surface area contributed by atoms with Gasteiger partial charge in [0.2, 0.25) is 0 Å². The summed E-state index contributed by atoms with van der Waals surface area (Å²) in [5.41, 5.74) is 2.48. The van der Waals surface area contributed by atoms with Crippen molar-refractivity contribution in [3.05, 3.63) is 30.5 Å². The van der Waals surface area contributed by atoms with Crippen molar-refractivity contribution in [3.63, 3.8) is 0 Å². The van der Waals surface area contributed by atoms with Gasteiger partial charge < -0.3 is 0 Å². The second-order valence-electron chi connectivity index (χ2n) is 0.892. The molecule has 1 nitrogen and oxygen atoms in total. The summed E-state index contributed by atoms with van der Waals surface area (Å²) in [6.45, 7) is 3.28. The van der Waals surface area contributed by atoms with Gasteiger partial charge in [-0.05, 0) is 12.2 Å². The number of carbonyl (C=O) groups excluding carboxylic acids is 1. The third-order valence-corrected chi connectivity index (χ3v) is 0.404. The van der Waals surface area contributed by atoms with Crippen LogP contribution < -0.4 is 0 Å².